The molecule has 0 radical (unpaired) electrons. The van der Waals surface area contributed by atoms with Crippen molar-refractivity contribution in [1.82, 2.24) is 0 Å². The number of hydrogen-bond donors (Lipinski definition) is 0. The highest BCUT2D eigenvalue weighted by Gasteiger charge is 2.20. The molecule has 0 saturated heterocycles. The second kappa shape index (κ2) is 7.24. The first kappa shape index (κ1) is 13.9. The Labute approximate surface area is 92.0 Å². The summed E-state index contributed by atoms with van der Waals surface area (Å²) in [6, 6.07) is 1.78. The lowest BCUT2D eigenvalue weighted by molar-refractivity contribution is -0.923. The molecule has 0 N–H and O–H groups in total. The molecule has 86 valence electrons. The third kappa shape index (κ3) is 4.80. The molecule has 0 amide bonds. The Hall–Kier alpha value is -1.08. The molecule has 0 spiro atoms. The highest BCUT2D eigenvalue weighted by atomic mass is 16.5. The Morgan fingerprint density at radius 2 is 1.80 bits per heavy atom. The van der Waals surface area contributed by atoms with Crippen molar-refractivity contribution in [2.45, 2.75) is 27.2 Å². The van der Waals surface area contributed by atoms with Gasteiger partial charge in [-0.3, -0.25) is 4.79 Å². The number of esters is 1. The summed E-state index contributed by atoms with van der Waals surface area (Å²) in [5, 5.41) is 8.28. The van der Waals surface area contributed by atoms with Crippen LogP contribution >= 0.6 is 0 Å². The smallest absolute Gasteiger partial charge is 0.320 e. The third-order valence-electron chi connectivity index (χ3n) is 3.06. The normalized spacial score (nSPS) is 10.8. The summed E-state index contributed by atoms with van der Waals surface area (Å²) in [5.41, 5.74) is 0. The third-order valence-corrected chi connectivity index (χ3v) is 3.06. The van der Waals surface area contributed by atoms with E-state index in [1.54, 1.807) is 6.07 Å². The molecule has 0 atom stereocenters. The van der Waals surface area contributed by atoms with Gasteiger partial charge in [-0.15, -0.1) is 0 Å². The van der Waals surface area contributed by atoms with E-state index in [0.717, 1.165) is 30.7 Å². The maximum Gasteiger partial charge on any atom is 0.320 e. The van der Waals surface area contributed by atoms with Gasteiger partial charge in [0.05, 0.1) is 25.7 Å². The average molecular weight is 213 g/mol. The number of nitrogens with zero attached hydrogens (tertiary/aromatic N) is 2. The molecule has 0 bridgehead atoms. The van der Waals surface area contributed by atoms with E-state index in [9.17, 15) is 4.79 Å². The maximum absolute atomic E-state index is 10.9. The fourth-order valence-electron chi connectivity index (χ4n) is 1.61. The van der Waals surface area contributed by atoms with Gasteiger partial charge in [0.2, 0.25) is 0 Å². The maximum atomic E-state index is 10.9. The van der Waals surface area contributed by atoms with Crippen molar-refractivity contribution in [3.05, 3.63) is 0 Å². The minimum absolute atomic E-state index is 0.148. The largest absolute Gasteiger partial charge is 0.459 e. The summed E-state index contributed by atoms with van der Waals surface area (Å²) in [7, 11) is 0. The SMILES string of the molecule is CC[N+](CC)(CC)CCOC(=O)CC#N. The average Bonchev–Trinajstić information content (AvgIpc) is 2.25. The zero-order valence-corrected chi connectivity index (χ0v) is 9.95. The van der Waals surface area contributed by atoms with Crippen molar-refractivity contribution in [1.29, 1.82) is 5.26 Å². The Bertz CT molecular complexity index is 221. The van der Waals surface area contributed by atoms with Gasteiger partial charge >= 0.3 is 5.97 Å². The van der Waals surface area contributed by atoms with Crippen LogP contribution in [0.4, 0.5) is 0 Å². The number of carbonyl (C=O) groups excluding carboxylic acids is 1. The minimum atomic E-state index is -0.418. The quantitative estimate of drug-likeness (QED) is 0.473. The first-order valence-corrected chi connectivity index (χ1v) is 5.51. The van der Waals surface area contributed by atoms with Crippen LogP contribution in [-0.4, -0.2) is 43.2 Å². The van der Waals surface area contributed by atoms with Crippen molar-refractivity contribution in [2.75, 3.05) is 32.8 Å². The topological polar surface area (TPSA) is 50.1 Å². The number of likely N-dealkylation sites (N-methyl/N-ethyl adjacent to an activating group) is 1. The molecule has 4 heteroatoms. The number of hydrogen-bond acceptors (Lipinski definition) is 3. The molecule has 4 nitrogen and oxygen atoms in total. The molecular weight excluding hydrogens is 192 g/mol. The van der Waals surface area contributed by atoms with Crippen LogP contribution in [0.25, 0.3) is 0 Å². The van der Waals surface area contributed by atoms with Crippen molar-refractivity contribution in [2.24, 2.45) is 0 Å². The van der Waals surface area contributed by atoms with E-state index < -0.39 is 5.97 Å². The predicted molar refractivity (Wildman–Crippen MR) is 57.9 cm³/mol. The zero-order chi connectivity index (χ0) is 11.7. The minimum Gasteiger partial charge on any atom is -0.459 e. The van der Waals surface area contributed by atoms with Crippen LogP contribution in [0.15, 0.2) is 0 Å². The Morgan fingerprint density at radius 3 is 2.20 bits per heavy atom. The molecule has 0 aromatic rings. The summed E-state index contributed by atoms with van der Waals surface area (Å²) in [6.07, 6.45) is -0.148. The monoisotopic (exact) mass is 213 g/mol. The van der Waals surface area contributed by atoms with E-state index in [4.69, 9.17) is 10.00 Å². The van der Waals surface area contributed by atoms with Gasteiger partial charge in [-0.1, -0.05) is 0 Å². The van der Waals surface area contributed by atoms with Crippen LogP contribution < -0.4 is 0 Å². The van der Waals surface area contributed by atoms with Gasteiger partial charge in [0, 0.05) is 0 Å². The van der Waals surface area contributed by atoms with Crippen molar-refractivity contribution >= 4 is 5.97 Å². The van der Waals surface area contributed by atoms with Gasteiger partial charge in [0.1, 0.15) is 19.6 Å². The van der Waals surface area contributed by atoms with Gasteiger partial charge < -0.3 is 9.22 Å². The lowest BCUT2D eigenvalue weighted by atomic mass is 10.3. The number of carbonyl (C=O) groups is 1. The molecular formula is C11H21N2O2+. The van der Waals surface area contributed by atoms with E-state index >= 15 is 0 Å². The van der Waals surface area contributed by atoms with Crippen LogP contribution in [0.3, 0.4) is 0 Å². The highest BCUT2D eigenvalue weighted by molar-refractivity contribution is 5.71. The first-order chi connectivity index (χ1) is 7.14. The standard InChI is InChI=1S/C11H21N2O2/c1-4-13(5-2,6-3)9-10-15-11(14)7-8-12/h4-7,9-10H2,1-3H3/q+1. The summed E-state index contributed by atoms with van der Waals surface area (Å²) < 4.78 is 5.92. The Kier molecular flexibility index (Phi) is 6.72. The molecule has 0 heterocycles. The molecule has 0 rings (SSSR count). The fraction of sp³-hybridized carbons (Fsp3) is 0.818. The van der Waals surface area contributed by atoms with E-state index in [-0.39, 0.29) is 6.42 Å². The summed E-state index contributed by atoms with van der Waals surface area (Å²) in [5.74, 6) is -0.418. The van der Waals surface area contributed by atoms with Gasteiger partial charge in [0.15, 0.2) is 0 Å². The number of rotatable bonds is 7. The number of quaternary nitrogens is 1. The molecule has 15 heavy (non-hydrogen) atoms. The Morgan fingerprint density at radius 1 is 1.27 bits per heavy atom. The van der Waals surface area contributed by atoms with Gasteiger partial charge in [-0.25, -0.2) is 0 Å². The zero-order valence-electron chi connectivity index (χ0n) is 9.95. The van der Waals surface area contributed by atoms with E-state index in [2.05, 4.69) is 20.8 Å². The molecule has 0 aliphatic rings. The molecule has 0 aromatic carbocycles. The van der Waals surface area contributed by atoms with Crippen molar-refractivity contribution < 1.29 is 14.0 Å². The molecule has 0 aliphatic carbocycles. The van der Waals surface area contributed by atoms with Crippen molar-refractivity contribution in [3.8, 4) is 6.07 Å². The summed E-state index contributed by atoms with van der Waals surface area (Å²) in [4.78, 5) is 10.9. The lowest BCUT2D eigenvalue weighted by Crippen LogP contribution is -2.49. The van der Waals surface area contributed by atoms with E-state index in [0.29, 0.717) is 6.61 Å². The van der Waals surface area contributed by atoms with Crippen molar-refractivity contribution in [3.63, 3.8) is 0 Å². The number of nitriles is 1. The molecule has 0 saturated carbocycles. The number of ether oxygens (including phenoxy) is 1. The van der Waals surface area contributed by atoms with Gasteiger partial charge in [-0.05, 0) is 20.8 Å². The van der Waals surface area contributed by atoms with Gasteiger partial charge in [0.25, 0.3) is 0 Å². The Balaban J connectivity index is 3.92. The molecule has 0 fully saturated rings. The van der Waals surface area contributed by atoms with E-state index in [1.807, 2.05) is 0 Å². The lowest BCUT2D eigenvalue weighted by Gasteiger charge is -2.35. The highest BCUT2D eigenvalue weighted by Crippen LogP contribution is 2.05. The summed E-state index contributed by atoms with van der Waals surface area (Å²) in [6.45, 7) is 10.8. The van der Waals surface area contributed by atoms with Crippen LogP contribution in [0.5, 0.6) is 0 Å². The predicted octanol–water partition coefficient (Wildman–Crippen LogP) is 1.32. The second-order valence-corrected chi connectivity index (χ2v) is 3.57. The second-order valence-electron chi connectivity index (χ2n) is 3.57. The van der Waals surface area contributed by atoms with E-state index in [1.165, 1.54) is 0 Å². The van der Waals surface area contributed by atoms with Crippen LogP contribution in [0.2, 0.25) is 0 Å². The van der Waals surface area contributed by atoms with Crippen LogP contribution in [0, 0.1) is 11.3 Å². The molecule has 0 aromatic heterocycles. The summed E-state index contributed by atoms with van der Waals surface area (Å²) >= 11 is 0. The van der Waals surface area contributed by atoms with Gasteiger partial charge in [-0.2, -0.15) is 5.26 Å². The molecule has 0 unspecified atom stereocenters. The van der Waals surface area contributed by atoms with Crippen LogP contribution in [-0.2, 0) is 9.53 Å². The fourth-order valence-corrected chi connectivity index (χ4v) is 1.61. The molecule has 0 aliphatic heterocycles. The van der Waals surface area contributed by atoms with Crippen LogP contribution in [0.1, 0.15) is 27.2 Å². The first-order valence-electron chi connectivity index (χ1n) is 5.51.